The summed E-state index contributed by atoms with van der Waals surface area (Å²) in [6, 6.07) is 4.16. The number of fused-ring (bicyclic) bond motifs is 1. The molecule has 0 radical (unpaired) electrons. The number of carbonyl (C=O) groups excluding carboxylic acids is 1. The van der Waals surface area contributed by atoms with Crippen molar-refractivity contribution in [2.75, 3.05) is 13.1 Å². The summed E-state index contributed by atoms with van der Waals surface area (Å²) < 4.78 is 0. The van der Waals surface area contributed by atoms with E-state index in [1.165, 1.54) is 17.3 Å². The van der Waals surface area contributed by atoms with E-state index in [1.807, 2.05) is 20.8 Å². The second-order valence-corrected chi connectivity index (χ2v) is 6.41. The standard InChI is InChI=1S/C16H18N2OS/c1-9-7-10(2)13(11(3)8-9)14(19)15-12(4)18-6-5-17-16(18)20-15/h7-8H,5-6H2,1-4H3. The lowest BCUT2D eigenvalue weighted by atomic mass is 9.96. The summed E-state index contributed by atoms with van der Waals surface area (Å²) in [5, 5.41) is 0.980. The molecule has 0 aliphatic carbocycles. The lowest BCUT2D eigenvalue weighted by molar-refractivity contribution is 0.104. The minimum atomic E-state index is 0.139. The molecule has 2 heterocycles. The van der Waals surface area contributed by atoms with Crippen molar-refractivity contribution in [2.45, 2.75) is 27.7 Å². The molecular formula is C16H18N2OS. The third kappa shape index (κ3) is 1.99. The molecule has 3 nitrogen and oxygen atoms in total. The number of hydrogen-bond acceptors (Lipinski definition) is 4. The fourth-order valence-corrected chi connectivity index (χ4v) is 4.10. The van der Waals surface area contributed by atoms with E-state index in [4.69, 9.17) is 0 Å². The van der Waals surface area contributed by atoms with Crippen molar-refractivity contribution in [1.29, 1.82) is 0 Å². The predicted molar refractivity (Wildman–Crippen MR) is 84.3 cm³/mol. The first-order valence-electron chi connectivity index (χ1n) is 6.82. The number of carbonyl (C=O) groups is 1. The van der Waals surface area contributed by atoms with Crippen molar-refractivity contribution >= 4 is 22.7 Å². The van der Waals surface area contributed by atoms with Gasteiger partial charge in [-0.1, -0.05) is 17.7 Å². The number of amidine groups is 1. The zero-order chi connectivity index (χ0) is 14.4. The molecule has 0 amide bonds. The van der Waals surface area contributed by atoms with Crippen LogP contribution >= 0.6 is 11.8 Å². The van der Waals surface area contributed by atoms with Crippen LogP contribution < -0.4 is 0 Å². The Morgan fingerprint density at radius 1 is 1.20 bits per heavy atom. The van der Waals surface area contributed by atoms with Crippen molar-refractivity contribution in [2.24, 2.45) is 4.99 Å². The smallest absolute Gasteiger partial charge is 0.202 e. The maximum atomic E-state index is 12.9. The van der Waals surface area contributed by atoms with Gasteiger partial charge in [-0.15, -0.1) is 0 Å². The highest BCUT2D eigenvalue weighted by molar-refractivity contribution is 8.18. The van der Waals surface area contributed by atoms with Crippen LogP contribution in [0.25, 0.3) is 0 Å². The largest absolute Gasteiger partial charge is 0.322 e. The third-order valence-electron chi connectivity index (χ3n) is 3.84. The van der Waals surface area contributed by atoms with Gasteiger partial charge in [-0.3, -0.25) is 9.79 Å². The third-order valence-corrected chi connectivity index (χ3v) is 5.06. The van der Waals surface area contributed by atoms with Gasteiger partial charge >= 0.3 is 0 Å². The fourth-order valence-electron chi connectivity index (χ4n) is 2.98. The number of thioether (sulfide) groups is 1. The van der Waals surface area contributed by atoms with Gasteiger partial charge in [-0.25, -0.2) is 0 Å². The van der Waals surface area contributed by atoms with Gasteiger partial charge in [0.2, 0.25) is 5.78 Å². The molecule has 0 spiro atoms. The van der Waals surface area contributed by atoms with E-state index in [2.05, 4.69) is 28.9 Å². The Morgan fingerprint density at radius 3 is 2.45 bits per heavy atom. The van der Waals surface area contributed by atoms with Gasteiger partial charge in [0.25, 0.3) is 0 Å². The van der Waals surface area contributed by atoms with Crippen LogP contribution in [0.15, 0.2) is 27.7 Å². The molecular weight excluding hydrogens is 268 g/mol. The zero-order valence-corrected chi connectivity index (χ0v) is 13.1. The second-order valence-electron chi connectivity index (χ2n) is 5.44. The van der Waals surface area contributed by atoms with Crippen LogP contribution in [0, 0.1) is 20.8 Å². The van der Waals surface area contributed by atoms with Crippen LogP contribution in [0.4, 0.5) is 0 Å². The van der Waals surface area contributed by atoms with Gasteiger partial charge in [-0.2, -0.15) is 0 Å². The molecule has 3 rings (SSSR count). The SMILES string of the molecule is CC1=C(C(=O)c2c(C)cc(C)cc2C)SC2=NCCN21. The van der Waals surface area contributed by atoms with Crippen LogP contribution in [0.2, 0.25) is 0 Å². The van der Waals surface area contributed by atoms with Gasteiger partial charge in [0.05, 0.1) is 11.4 Å². The fraction of sp³-hybridized carbons (Fsp3) is 0.375. The molecule has 0 unspecified atom stereocenters. The minimum Gasteiger partial charge on any atom is -0.322 e. The summed E-state index contributed by atoms with van der Waals surface area (Å²) in [5.41, 5.74) is 5.21. The summed E-state index contributed by atoms with van der Waals surface area (Å²) in [7, 11) is 0. The van der Waals surface area contributed by atoms with Crippen molar-refractivity contribution < 1.29 is 4.79 Å². The molecule has 4 heteroatoms. The Kier molecular flexibility index (Phi) is 3.21. The van der Waals surface area contributed by atoms with E-state index in [9.17, 15) is 4.79 Å². The van der Waals surface area contributed by atoms with E-state index in [0.717, 1.165) is 45.5 Å². The molecule has 0 atom stereocenters. The van der Waals surface area contributed by atoms with Crippen molar-refractivity contribution in [3.63, 3.8) is 0 Å². The average molecular weight is 286 g/mol. The molecule has 0 saturated carbocycles. The summed E-state index contributed by atoms with van der Waals surface area (Å²) in [4.78, 5) is 20.3. The number of aryl methyl sites for hydroxylation is 3. The molecule has 1 aromatic carbocycles. The van der Waals surface area contributed by atoms with E-state index in [1.54, 1.807) is 0 Å². The molecule has 0 aromatic heterocycles. The average Bonchev–Trinajstić information content (AvgIpc) is 2.91. The van der Waals surface area contributed by atoms with Crippen LogP contribution in [0.5, 0.6) is 0 Å². The van der Waals surface area contributed by atoms with Crippen molar-refractivity contribution in [3.8, 4) is 0 Å². The zero-order valence-electron chi connectivity index (χ0n) is 12.3. The number of rotatable bonds is 2. The molecule has 0 fully saturated rings. The molecule has 2 aliphatic heterocycles. The quantitative estimate of drug-likeness (QED) is 0.781. The Bertz CT molecular complexity index is 650. The predicted octanol–water partition coefficient (Wildman–Crippen LogP) is 3.44. The van der Waals surface area contributed by atoms with Gasteiger partial charge in [0.15, 0.2) is 5.17 Å². The van der Waals surface area contributed by atoms with Gasteiger partial charge in [-0.05, 0) is 50.6 Å². The van der Waals surface area contributed by atoms with Crippen LogP contribution in [-0.4, -0.2) is 28.9 Å². The minimum absolute atomic E-state index is 0.139. The van der Waals surface area contributed by atoms with E-state index >= 15 is 0 Å². The first-order valence-corrected chi connectivity index (χ1v) is 7.64. The van der Waals surface area contributed by atoms with Gasteiger partial charge < -0.3 is 4.90 Å². The maximum Gasteiger partial charge on any atom is 0.202 e. The number of nitrogens with zero attached hydrogens (tertiary/aromatic N) is 2. The number of benzene rings is 1. The molecule has 0 bridgehead atoms. The van der Waals surface area contributed by atoms with E-state index in [-0.39, 0.29) is 5.78 Å². The summed E-state index contributed by atoms with van der Waals surface area (Å²) in [6.07, 6.45) is 0. The number of hydrogen-bond donors (Lipinski definition) is 0. The van der Waals surface area contributed by atoms with E-state index in [0.29, 0.717) is 0 Å². The highest BCUT2D eigenvalue weighted by Crippen LogP contribution is 2.38. The van der Waals surface area contributed by atoms with Crippen molar-refractivity contribution in [3.05, 3.63) is 45.0 Å². The number of Topliss-reactive ketones (excluding diaryl/α,β-unsaturated/α-hetero) is 1. The Balaban J connectivity index is 2.03. The number of ketones is 1. The normalized spacial score (nSPS) is 17.6. The Labute approximate surface area is 123 Å². The second kappa shape index (κ2) is 4.77. The topological polar surface area (TPSA) is 32.7 Å². The molecule has 0 N–H and O–H groups in total. The summed E-state index contributed by atoms with van der Waals surface area (Å²) in [5.74, 6) is 0.139. The lowest BCUT2D eigenvalue weighted by Crippen LogP contribution is -2.19. The molecule has 2 aliphatic rings. The molecule has 0 saturated heterocycles. The number of allylic oxidation sites excluding steroid dienone is 2. The van der Waals surface area contributed by atoms with Crippen LogP contribution in [-0.2, 0) is 0 Å². The summed E-state index contributed by atoms with van der Waals surface area (Å²) in [6.45, 7) is 9.85. The first kappa shape index (κ1) is 13.4. The Morgan fingerprint density at radius 2 is 1.85 bits per heavy atom. The Hall–Kier alpha value is -1.55. The molecule has 20 heavy (non-hydrogen) atoms. The maximum absolute atomic E-state index is 12.9. The summed E-state index contributed by atoms with van der Waals surface area (Å²) >= 11 is 1.52. The van der Waals surface area contributed by atoms with Crippen LogP contribution in [0.1, 0.15) is 34.0 Å². The molecule has 104 valence electrons. The molecule has 1 aromatic rings. The highest BCUT2D eigenvalue weighted by Gasteiger charge is 2.34. The number of aliphatic imine (C=N–C) groups is 1. The first-order chi connectivity index (χ1) is 9.49. The van der Waals surface area contributed by atoms with Crippen LogP contribution in [0.3, 0.4) is 0 Å². The van der Waals surface area contributed by atoms with Gasteiger partial charge in [0, 0.05) is 17.8 Å². The lowest BCUT2D eigenvalue weighted by Gasteiger charge is -2.13. The highest BCUT2D eigenvalue weighted by atomic mass is 32.2. The van der Waals surface area contributed by atoms with Gasteiger partial charge in [0.1, 0.15) is 0 Å². The monoisotopic (exact) mass is 286 g/mol. The van der Waals surface area contributed by atoms with E-state index < -0.39 is 0 Å². The van der Waals surface area contributed by atoms with Crippen molar-refractivity contribution in [1.82, 2.24) is 4.90 Å².